The number of amides is 1. The maximum Gasteiger partial charge on any atom is 0.234 e. The molecule has 1 N–H and O–H groups in total. The fourth-order valence-corrected chi connectivity index (χ4v) is 3.26. The van der Waals surface area contributed by atoms with Crippen molar-refractivity contribution in [2.45, 2.75) is 32.9 Å². The molecule has 1 aliphatic heterocycles. The van der Waals surface area contributed by atoms with Crippen LogP contribution in [-0.4, -0.2) is 75.8 Å². The zero-order valence-corrected chi connectivity index (χ0v) is 17.2. The second-order valence-corrected chi connectivity index (χ2v) is 6.92. The Kier molecular flexibility index (Phi) is 8.19. The summed E-state index contributed by atoms with van der Waals surface area (Å²) in [6, 6.07) is 4.16. The summed E-state index contributed by atoms with van der Waals surface area (Å²) in [7, 11) is 4.88. The van der Waals surface area contributed by atoms with Gasteiger partial charge in [-0.25, -0.2) is 0 Å². The smallest absolute Gasteiger partial charge is 0.234 e. The van der Waals surface area contributed by atoms with Gasteiger partial charge in [0.15, 0.2) is 11.5 Å². The van der Waals surface area contributed by atoms with E-state index >= 15 is 0 Å². The SMILES string of the molecule is CC[C@H](C)NC(=O)CN1CCN(Cc2ccc(OC)c(OC)c2OC)CC1. The van der Waals surface area contributed by atoms with Gasteiger partial charge in [-0.2, -0.15) is 0 Å². The summed E-state index contributed by atoms with van der Waals surface area (Å²) in [6.07, 6.45) is 0.951. The molecular weight excluding hydrogens is 346 g/mol. The fraction of sp³-hybridized carbons (Fsp3) is 0.650. The summed E-state index contributed by atoms with van der Waals surface area (Å²) in [5, 5.41) is 3.03. The number of carbonyl (C=O) groups excluding carboxylic acids is 1. The van der Waals surface area contributed by atoms with Crippen LogP contribution in [-0.2, 0) is 11.3 Å². The van der Waals surface area contributed by atoms with Gasteiger partial charge in [-0.3, -0.25) is 14.6 Å². The number of ether oxygens (including phenoxy) is 3. The van der Waals surface area contributed by atoms with Gasteiger partial charge in [-0.05, 0) is 19.4 Å². The van der Waals surface area contributed by atoms with Crippen molar-refractivity contribution in [1.82, 2.24) is 15.1 Å². The molecular formula is C20H33N3O4. The first kappa shape index (κ1) is 21.3. The average Bonchev–Trinajstić information content (AvgIpc) is 2.68. The van der Waals surface area contributed by atoms with Gasteiger partial charge in [0.05, 0.1) is 27.9 Å². The summed E-state index contributed by atoms with van der Waals surface area (Å²) in [5.41, 5.74) is 1.07. The summed E-state index contributed by atoms with van der Waals surface area (Å²) < 4.78 is 16.4. The van der Waals surface area contributed by atoms with Crippen molar-refractivity contribution in [3.05, 3.63) is 17.7 Å². The van der Waals surface area contributed by atoms with Crippen molar-refractivity contribution in [1.29, 1.82) is 0 Å². The molecule has 0 aromatic heterocycles. The van der Waals surface area contributed by atoms with Crippen LogP contribution in [0.25, 0.3) is 0 Å². The molecule has 0 radical (unpaired) electrons. The van der Waals surface area contributed by atoms with Crippen molar-refractivity contribution in [3.63, 3.8) is 0 Å². The van der Waals surface area contributed by atoms with E-state index in [1.165, 1.54) is 0 Å². The van der Waals surface area contributed by atoms with Crippen molar-refractivity contribution in [3.8, 4) is 17.2 Å². The number of methoxy groups -OCH3 is 3. The van der Waals surface area contributed by atoms with E-state index < -0.39 is 0 Å². The normalized spacial score (nSPS) is 16.6. The van der Waals surface area contributed by atoms with E-state index in [1.54, 1.807) is 21.3 Å². The highest BCUT2D eigenvalue weighted by Gasteiger charge is 2.22. The number of hydrogen-bond acceptors (Lipinski definition) is 6. The van der Waals surface area contributed by atoms with Gasteiger partial charge in [0, 0.05) is 44.3 Å². The molecule has 1 amide bonds. The first-order valence-corrected chi connectivity index (χ1v) is 9.54. The highest BCUT2D eigenvalue weighted by molar-refractivity contribution is 5.78. The zero-order valence-electron chi connectivity index (χ0n) is 17.2. The molecule has 1 aromatic carbocycles. The van der Waals surface area contributed by atoms with Crippen LogP contribution >= 0.6 is 0 Å². The minimum atomic E-state index is 0.111. The van der Waals surface area contributed by atoms with Crippen LogP contribution in [0.3, 0.4) is 0 Å². The van der Waals surface area contributed by atoms with Gasteiger partial charge in [0.2, 0.25) is 11.7 Å². The number of benzene rings is 1. The van der Waals surface area contributed by atoms with E-state index in [2.05, 4.69) is 22.0 Å². The Morgan fingerprint density at radius 3 is 2.22 bits per heavy atom. The molecule has 2 rings (SSSR count). The van der Waals surface area contributed by atoms with E-state index in [1.807, 2.05) is 19.1 Å². The topological polar surface area (TPSA) is 63.3 Å². The predicted molar refractivity (Wildman–Crippen MR) is 106 cm³/mol. The molecule has 1 aliphatic rings. The third-order valence-electron chi connectivity index (χ3n) is 5.03. The number of nitrogens with one attached hydrogen (secondary N) is 1. The average molecular weight is 380 g/mol. The number of piperazine rings is 1. The third-order valence-corrected chi connectivity index (χ3v) is 5.03. The Hall–Kier alpha value is -1.99. The van der Waals surface area contributed by atoms with Gasteiger partial charge in [0.1, 0.15) is 0 Å². The largest absolute Gasteiger partial charge is 0.493 e. The molecule has 7 nitrogen and oxygen atoms in total. The zero-order chi connectivity index (χ0) is 19.8. The minimum absolute atomic E-state index is 0.111. The minimum Gasteiger partial charge on any atom is -0.493 e. The van der Waals surface area contributed by atoms with Crippen LogP contribution in [0.4, 0.5) is 0 Å². The molecule has 0 unspecified atom stereocenters. The predicted octanol–water partition coefficient (Wildman–Crippen LogP) is 1.74. The summed E-state index contributed by atoms with van der Waals surface area (Å²) in [4.78, 5) is 16.6. The third kappa shape index (κ3) is 5.74. The van der Waals surface area contributed by atoms with Crippen LogP contribution in [0.5, 0.6) is 17.2 Å². The second kappa shape index (κ2) is 10.4. The Morgan fingerprint density at radius 2 is 1.67 bits per heavy atom. The fourth-order valence-electron chi connectivity index (χ4n) is 3.26. The first-order valence-electron chi connectivity index (χ1n) is 9.54. The lowest BCUT2D eigenvalue weighted by atomic mass is 10.1. The lowest BCUT2D eigenvalue weighted by Crippen LogP contribution is -2.49. The highest BCUT2D eigenvalue weighted by atomic mass is 16.5. The van der Waals surface area contributed by atoms with Crippen molar-refractivity contribution >= 4 is 5.91 Å². The van der Waals surface area contributed by atoms with Crippen molar-refractivity contribution in [2.75, 3.05) is 54.1 Å². The monoisotopic (exact) mass is 379 g/mol. The van der Waals surface area contributed by atoms with E-state index in [0.29, 0.717) is 23.8 Å². The highest BCUT2D eigenvalue weighted by Crippen LogP contribution is 2.40. The Balaban J connectivity index is 1.91. The van der Waals surface area contributed by atoms with Gasteiger partial charge in [0.25, 0.3) is 0 Å². The van der Waals surface area contributed by atoms with Crippen LogP contribution in [0, 0.1) is 0 Å². The molecule has 0 saturated carbocycles. The van der Waals surface area contributed by atoms with Crippen LogP contribution < -0.4 is 19.5 Å². The Morgan fingerprint density at radius 1 is 1.04 bits per heavy atom. The summed E-state index contributed by atoms with van der Waals surface area (Å²) >= 11 is 0. The van der Waals surface area contributed by atoms with Crippen LogP contribution in [0.15, 0.2) is 12.1 Å². The van der Waals surface area contributed by atoms with Gasteiger partial charge in [-0.1, -0.05) is 13.0 Å². The van der Waals surface area contributed by atoms with E-state index in [9.17, 15) is 4.79 Å². The number of hydrogen-bond donors (Lipinski definition) is 1. The van der Waals surface area contributed by atoms with E-state index in [4.69, 9.17) is 14.2 Å². The molecule has 1 saturated heterocycles. The van der Waals surface area contributed by atoms with E-state index in [-0.39, 0.29) is 11.9 Å². The van der Waals surface area contributed by atoms with E-state index in [0.717, 1.165) is 44.7 Å². The summed E-state index contributed by atoms with van der Waals surface area (Å²) in [6.45, 7) is 8.93. The lowest BCUT2D eigenvalue weighted by Gasteiger charge is -2.34. The van der Waals surface area contributed by atoms with Gasteiger partial charge < -0.3 is 19.5 Å². The number of rotatable bonds is 9. The quantitative estimate of drug-likeness (QED) is 0.705. The molecule has 0 bridgehead atoms. The van der Waals surface area contributed by atoms with Gasteiger partial charge >= 0.3 is 0 Å². The van der Waals surface area contributed by atoms with Crippen LogP contribution in [0.1, 0.15) is 25.8 Å². The number of carbonyl (C=O) groups is 1. The molecule has 1 heterocycles. The lowest BCUT2D eigenvalue weighted by molar-refractivity contribution is -0.123. The Labute approximate surface area is 162 Å². The van der Waals surface area contributed by atoms with Crippen molar-refractivity contribution < 1.29 is 19.0 Å². The first-order chi connectivity index (χ1) is 13.0. The molecule has 7 heteroatoms. The maximum absolute atomic E-state index is 12.1. The van der Waals surface area contributed by atoms with Crippen molar-refractivity contribution in [2.24, 2.45) is 0 Å². The molecule has 0 aliphatic carbocycles. The summed E-state index contributed by atoms with van der Waals surface area (Å²) in [5.74, 6) is 2.11. The van der Waals surface area contributed by atoms with Gasteiger partial charge in [-0.15, -0.1) is 0 Å². The maximum atomic E-state index is 12.1. The molecule has 1 atom stereocenters. The molecule has 0 spiro atoms. The molecule has 1 fully saturated rings. The second-order valence-electron chi connectivity index (χ2n) is 6.92. The molecule has 27 heavy (non-hydrogen) atoms. The standard InChI is InChI=1S/C20H33N3O4/c1-6-15(2)21-18(24)14-23-11-9-22(10-12-23)13-16-7-8-17(25-3)20(27-5)19(16)26-4/h7-8,15H,6,9-14H2,1-5H3,(H,21,24)/t15-/m0/s1. The Bertz CT molecular complexity index is 615. The van der Waals surface area contributed by atoms with Crippen LogP contribution in [0.2, 0.25) is 0 Å². The molecule has 1 aromatic rings. The number of nitrogens with zero attached hydrogens (tertiary/aromatic N) is 2. The molecule has 152 valence electrons.